The number of nitrogens with zero attached hydrogens (tertiary/aromatic N) is 3. The number of carbonyl (C=O) groups excluding carboxylic acids is 1. The molecule has 1 fully saturated rings. The van der Waals surface area contributed by atoms with Gasteiger partial charge >= 0.3 is 0 Å². The summed E-state index contributed by atoms with van der Waals surface area (Å²) in [6, 6.07) is 1.91. The minimum absolute atomic E-state index is 0.105. The zero-order valence-corrected chi connectivity index (χ0v) is 14.3. The van der Waals surface area contributed by atoms with E-state index < -0.39 is 0 Å². The standard InChI is InChI=1S/C17H21N5OS/c23-16(19-10-12-3-6-18-7-4-12)14-2-1-8-22(14)15-13-5-9-24-17(13)21-11-20-15/h3,5,9,11,14,18H,1-2,4,6-8,10H2,(H,19,23). The Morgan fingerprint density at radius 2 is 2.42 bits per heavy atom. The summed E-state index contributed by atoms with van der Waals surface area (Å²) in [7, 11) is 0. The molecule has 0 spiro atoms. The number of thiophene rings is 1. The van der Waals surface area contributed by atoms with Crippen molar-refractivity contribution in [2.24, 2.45) is 0 Å². The fraction of sp³-hybridized carbons (Fsp3) is 0.471. The fourth-order valence-electron chi connectivity index (χ4n) is 3.45. The number of fused-ring (bicyclic) bond motifs is 1. The summed E-state index contributed by atoms with van der Waals surface area (Å²) < 4.78 is 0. The van der Waals surface area contributed by atoms with E-state index in [2.05, 4.69) is 31.6 Å². The van der Waals surface area contributed by atoms with Crippen LogP contribution in [0.2, 0.25) is 0 Å². The lowest BCUT2D eigenvalue weighted by Gasteiger charge is -2.25. The molecule has 2 aliphatic heterocycles. The number of aromatic nitrogens is 2. The van der Waals surface area contributed by atoms with Gasteiger partial charge in [-0.3, -0.25) is 4.79 Å². The molecule has 1 amide bonds. The fourth-order valence-corrected chi connectivity index (χ4v) is 4.17. The van der Waals surface area contributed by atoms with Gasteiger partial charge in [0.15, 0.2) is 0 Å². The summed E-state index contributed by atoms with van der Waals surface area (Å²) in [5.41, 5.74) is 1.31. The van der Waals surface area contributed by atoms with Crippen molar-refractivity contribution in [1.29, 1.82) is 0 Å². The van der Waals surface area contributed by atoms with Gasteiger partial charge in [-0.25, -0.2) is 9.97 Å². The highest BCUT2D eigenvalue weighted by Gasteiger charge is 2.32. The first-order valence-corrected chi connectivity index (χ1v) is 9.32. The molecule has 2 aliphatic rings. The minimum Gasteiger partial charge on any atom is -0.351 e. The molecule has 7 heteroatoms. The highest BCUT2D eigenvalue weighted by atomic mass is 32.1. The maximum atomic E-state index is 12.7. The molecule has 24 heavy (non-hydrogen) atoms. The van der Waals surface area contributed by atoms with Crippen molar-refractivity contribution in [2.75, 3.05) is 31.1 Å². The number of amides is 1. The van der Waals surface area contributed by atoms with Gasteiger partial charge in [0.25, 0.3) is 0 Å². The van der Waals surface area contributed by atoms with Crippen LogP contribution < -0.4 is 15.5 Å². The first-order valence-electron chi connectivity index (χ1n) is 8.44. The van der Waals surface area contributed by atoms with Crippen LogP contribution in [-0.4, -0.2) is 48.1 Å². The number of carbonyl (C=O) groups is 1. The third-order valence-electron chi connectivity index (χ3n) is 4.72. The van der Waals surface area contributed by atoms with Gasteiger partial charge in [0.05, 0.1) is 5.39 Å². The predicted molar refractivity (Wildman–Crippen MR) is 96.4 cm³/mol. The van der Waals surface area contributed by atoms with Crippen molar-refractivity contribution in [3.8, 4) is 0 Å². The topological polar surface area (TPSA) is 70.2 Å². The van der Waals surface area contributed by atoms with Crippen LogP contribution in [0.3, 0.4) is 0 Å². The molecule has 1 atom stereocenters. The van der Waals surface area contributed by atoms with Crippen molar-refractivity contribution in [2.45, 2.75) is 25.3 Å². The van der Waals surface area contributed by atoms with Crippen LogP contribution in [-0.2, 0) is 4.79 Å². The van der Waals surface area contributed by atoms with Gasteiger partial charge in [-0.2, -0.15) is 0 Å². The van der Waals surface area contributed by atoms with E-state index in [9.17, 15) is 4.79 Å². The minimum atomic E-state index is -0.134. The van der Waals surface area contributed by atoms with Crippen molar-refractivity contribution < 1.29 is 4.79 Å². The quantitative estimate of drug-likeness (QED) is 0.827. The Labute approximate surface area is 145 Å². The van der Waals surface area contributed by atoms with E-state index in [4.69, 9.17) is 0 Å². The van der Waals surface area contributed by atoms with Crippen molar-refractivity contribution in [3.05, 3.63) is 29.4 Å². The number of rotatable bonds is 4. The SMILES string of the molecule is O=C(NCC1=CCNCC1)C1CCCN1c1ncnc2sccc12. The van der Waals surface area contributed by atoms with Gasteiger partial charge in [-0.15, -0.1) is 11.3 Å². The van der Waals surface area contributed by atoms with Gasteiger partial charge in [0.2, 0.25) is 5.91 Å². The molecule has 0 bridgehead atoms. The van der Waals surface area contributed by atoms with Crippen LogP contribution in [0.5, 0.6) is 0 Å². The lowest BCUT2D eigenvalue weighted by molar-refractivity contribution is -0.122. The molecule has 0 radical (unpaired) electrons. The maximum Gasteiger partial charge on any atom is 0.243 e. The molecule has 2 N–H and O–H groups in total. The lowest BCUT2D eigenvalue weighted by Crippen LogP contribution is -2.44. The Kier molecular flexibility index (Phi) is 4.44. The summed E-state index contributed by atoms with van der Waals surface area (Å²) in [4.78, 5) is 24.6. The van der Waals surface area contributed by atoms with Gasteiger partial charge in [0.1, 0.15) is 23.0 Å². The largest absolute Gasteiger partial charge is 0.351 e. The summed E-state index contributed by atoms with van der Waals surface area (Å²) in [5, 5.41) is 9.48. The van der Waals surface area contributed by atoms with Crippen LogP contribution in [0.15, 0.2) is 29.4 Å². The monoisotopic (exact) mass is 343 g/mol. The van der Waals surface area contributed by atoms with Gasteiger partial charge in [-0.05, 0) is 37.3 Å². The van der Waals surface area contributed by atoms with Gasteiger partial charge in [0, 0.05) is 19.6 Å². The summed E-state index contributed by atoms with van der Waals surface area (Å²) >= 11 is 1.61. The van der Waals surface area contributed by atoms with Crippen molar-refractivity contribution >= 4 is 33.3 Å². The molecular formula is C17H21N5OS. The van der Waals surface area contributed by atoms with E-state index in [1.54, 1.807) is 17.7 Å². The van der Waals surface area contributed by atoms with Crippen LogP contribution in [0.25, 0.3) is 10.2 Å². The Hall–Kier alpha value is -1.99. The molecular weight excluding hydrogens is 322 g/mol. The maximum absolute atomic E-state index is 12.7. The molecule has 0 aliphatic carbocycles. The van der Waals surface area contributed by atoms with E-state index in [-0.39, 0.29) is 11.9 Å². The highest BCUT2D eigenvalue weighted by molar-refractivity contribution is 7.16. The van der Waals surface area contributed by atoms with E-state index in [1.165, 1.54) is 5.57 Å². The number of hydrogen-bond acceptors (Lipinski definition) is 6. The smallest absolute Gasteiger partial charge is 0.243 e. The van der Waals surface area contributed by atoms with Gasteiger partial charge < -0.3 is 15.5 Å². The Balaban J connectivity index is 1.49. The van der Waals surface area contributed by atoms with E-state index >= 15 is 0 Å². The van der Waals surface area contributed by atoms with Crippen LogP contribution in [0.4, 0.5) is 5.82 Å². The Bertz CT molecular complexity index is 771. The average Bonchev–Trinajstić information content (AvgIpc) is 3.29. The third-order valence-corrected chi connectivity index (χ3v) is 5.54. The first-order chi connectivity index (χ1) is 11.8. The molecule has 126 valence electrons. The van der Waals surface area contributed by atoms with Crippen LogP contribution >= 0.6 is 11.3 Å². The molecule has 6 nitrogen and oxygen atoms in total. The highest BCUT2D eigenvalue weighted by Crippen LogP contribution is 2.31. The Morgan fingerprint density at radius 1 is 1.46 bits per heavy atom. The van der Waals surface area contributed by atoms with Gasteiger partial charge in [-0.1, -0.05) is 11.6 Å². The second-order valence-corrected chi connectivity index (χ2v) is 7.12. The summed E-state index contributed by atoms with van der Waals surface area (Å²) in [6.07, 6.45) is 6.68. The zero-order chi connectivity index (χ0) is 16.4. The molecule has 0 aromatic carbocycles. The Morgan fingerprint density at radius 3 is 3.29 bits per heavy atom. The lowest BCUT2D eigenvalue weighted by atomic mass is 10.1. The number of nitrogens with one attached hydrogen (secondary N) is 2. The number of hydrogen-bond donors (Lipinski definition) is 2. The van der Waals surface area contributed by atoms with E-state index in [0.29, 0.717) is 6.54 Å². The molecule has 1 saturated heterocycles. The second-order valence-electron chi connectivity index (χ2n) is 6.22. The van der Waals surface area contributed by atoms with E-state index in [1.807, 2.05) is 11.4 Å². The first kappa shape index (κ1) is 15.5. The molecule has 2 aromatic rings. The number of anilines is 1. The molecule has 2 aromatic heterocycles. The van der Waals surface area contributed by atoms with Crippen molar-refractivity contribution in [1.82, 2.24) is 20.6 Å². The predicted octanol–water partition coefficient (Wildman–Crippen LogP) is 1.70. The second kappa shape index (κ2) is 6.86. The summed E-state index contributed by atoms with van der Waals surface area (Å²) in [5.74, 6) is 0.994. The zero-order valence-electron chi connectivity index (χ0n) is 13.5. The van der Waals surface area contributed by atoms with Crippen molar-refractivity contribution in [3.63, 3.8) is 0 Å². The molecule has 4 rings (SSSR count). The molecule has 0 saturated carbocycles. The van der Waals surface area contributed by atoms with E-state index in [0.717, 1.165) is 54.9 Å². The summed E-state index contributed by atoms with van der Waals surface area (Å²) in [6.45, 7) is 3.42. The third kappa shape index (κ3) is 3.01. The van der Waals surface area contributed by atoms with Crippen LogP contribution in [0, 0.1) is 0 Å². The average molecular weight is 343 g/mol. The molecule has 4 heterocycles. The molecule has 1 unspecified atom stereocenters. The van der Waals surface area contributed by atoms with Crippen LogP contribution in [0.1, 0.15) is 19.3 Å². The normalized spacial score (nSPS) is 21.1.